The first-order chi connectivity index (χ1) is 13.3. The van der Waals surface area contributed by atoms with Crippen LogP contribution in [0.3, 0.4) is 0 Å². The topological polar surface area (TPSA) is 94.8 Å². The van der Waals surface area contributed by atoms with Crippen molar-refractivity contribution in [2.75, 3.05) is 6.61 Å². The lowest BCUT2D eigenvalue weighted by molar-refractivity contribution is -0.255. The maximum Gasteiger partial charge on any atom is 0.190 e. The lowest BCUT2D eigenvalue weighted by Crippen LogP contribution is -2.73. The zero-order chi connectivity index (χ0) is 21.6. The molecule has 0 aromatic heterocycles. The predicted octanol–water partition coefficient (Wildman–Crippen LogP) is 2.29. The standard InChI is InChI=1S/C23H31FO5/c1-13-9-16-20(3)7-5-14-10-15(26)6-8-19(14,2)23(20,24)17(27)11-21(16,4)22(13,29)18(28)12-25/h6,8,10,13,16-17,25,27,29H,5,7,9,11-12H2,1-4H3/t13-,16+,17+,19+,20?,21?,22+,23+/m1/s1. The van der Waals surface area contributed by atoms with Gasteiger partial charge in [0.15, 0.2) is 17.2 Å². The number of carbonyl (C=O) groups excluding carboxylic acids is 2. The van der Waals surface area contributed by atoms with E-state index in [2.05, 4.69) is 0 Å². The number of carbonyl (C=O) groups is 2. The Morgan fingerprint density at radius 2 is 1.93 bits per heavy atom. The first kappa shape index (κ1) is 20.9. The van der Waals surface area contributed by atoms with Gasteiger partial charge >= 0.3 is 0 Å². The van der Waals surface area contributed by atoms with Crippen LogP contribution in [0.25, 0.3) is 0 Å². The number of ketones is 2. The van der Waals surface area contributed by atoms with Gasteiger partial charge in [0, 0.05) is 16.2 Å². The summed E-state index contributed by atoms with van der Waals surface area (Å²) in [4.78, 5) is 24.6. The lowest BCUT2D eigenvalue weighted by Gasteiger charge is -2.67. The highest BCUT2D eigenvalue weighted by molar-refractivity contribution is 6.01. The lowest BCUT2D eigenvalue weighted by atomic mass is 9.39. The molecule has 160 valence electrons. The van der Waals surface area contributed by atoms with Crippen LogP contribution in [-0.4, -0.2) is 50.9 Å². The molecule has 0 saturated heterocycles. The second kappa shape index (κ2) is 5.86. The van der Waals surface area contributed by atoms with Gasteiger partial charge in [-0.15, -0.1) is 0 Å². The largest absolute Gasteiger partial charge is 0.390 e. The minimum atomic E-state index is -2.04. The molecule has 0 aromatic rings. The van der Waals surface area contributed by atoms with Crippen LogP contribution in [0.5, 0.6) is 0 Å². The molecule has 0 heterocycles. The Morgan fingerprint density at radius 1 is 1.28 bits per heavy atom. The summed E-state index contributed by atoms with van der Waals surface area (Å²) in [5.41, 5.74) is -6.35. The number of aliphatic hydroxyl groups is 3. The van der Waals surface area contributed by atoms with Crippen molar-refractivity contribution < 1.29 is 29.3 Å². The van der Waals surface area contributed by atoms with Crippen molar-refractivity contribution in [3.8, 4) is 0 Å². The third kappa shape index (κ3) is 2.06. The highest BCUT2D eigenvalue weighted by atomic mass is 19.1. The van der Waals surface area contributed by atoms with Crippen molar-refractivity contribution in [3.05, 3.63) is 23.8 Å². The van der Waals surface area contributed by atoms with Crippen molar-refractivity contribution in [2.24, 2.45) is 28.1 Å². The van der Waals surface area contributed by atoms with E-state index in [0.717, 1.165) is 0 Å². The van der Waals surface area contributed by atoms with Crippen LogP contribution in [0.2, 0.25) is 0 Å². The third-order valence-electron chi connectivity index (χ3n) is 9.42. The van der Waals surface area contributed by atoms with Crippen LogP contribution in [-0.2, 0) is 9.59 Å². The molecular formula is C23H31FO5. The first-order valence-corrected chi connectivity index (χ1v) is 10.5. The molecule has 2 unspecified atom stereocenters. The van der Waals surface area contributed by atoms with Gasteiger partial charge in [-0.2, -0.15) is 0 Å². The molecule has 5 nitrogen and oxygen atoms in total. The average molecular weight is 406 g/mol. The van der Waals surface area contributed by atoms with E-state index in [9.17, 15) is 24.9 Å². The summed E-state index contributed by atoms with van der Waals surface area (Å²) >= 11 is 0. The van der Waals surface area contributed by atoms with E-state index in [1.54, 1.807) is 26.8 Å². The quantitative estimate of drug-likeness (QED) is 0.654. The molecule has 29 heavy (non-hydrogen) atoms. The molecule has 6 heteroatoms. The number of Topliss-reactive ketones (excluding diaryl/α,β-unsaturated/α-hetero) is 1. The molecular weight excluding hydrogens is 375 g/mol. The predicted molar refractivity (Wildman–Crippen MR) is 105 cm³/mol. The maximum atomic E-state index is 17.2. The number of rotatable bonds is 2. The van der Waals surface area contributed by atoms with Gasteiger partial charge in [-0.1, -0.05) is 32.4 Å². The molecule has 0 aromatic carbocycles. The van der Waals surface area contributed by atoms with Gasteiger partial charge in [0.2, 0.25) is 0 Å². The number of allylic oxidation sites excluding steroid dienone is 4. The molecule has 3 N–H and O–H groups in total. The summed E-state index contributed by atoms with van der Waals surface area (Å²) in [6, 6.07) is 0. The molecule has 0 bridgehead atoms. The van der Waals surface area contributed by atoms with Crippen LogP contribution < -0.4 is 0 Å². The van der Waals surface area contributed by atoms with Crippen molar-refractivity contribution in [3.63, 3.8) is 0 Å². The Balaban J connectivity index is 1.90. The van der Waals surface area contributed by atoms with Crippen LogP contribution in [0.15, 0.2) is 23.8 Å². The Hall–Kier alpha value is -1.37. The normalized spacial score (nSPS) is 53.7. The fraction of sp³-hybridized carbons (Fsp3) is 0.739. The number of aliphatic hydroxyl groups excluding tert-OH is 2. The molecule has 4 aliphatic rings. The number of alkyl halides is 1. The first-order valence-electron chi connectivity index (χ1n) is 10.5. The third-order valence-corrected chi connectivity index (χ3v) is 9.42. The SMILES string of the molecule is C[C@@H]1C[C@@H]2C(C)(C[C@H](O)[C@@]3(F)C2(C)CCC2=CC(=O)C=C[C@@]23C)[C@@]1(O)C(=O)CO. The number of hydrogen-bond donors (Lipinski definition) is 3. The molecule has 3 fully saturated rings. The summed E-state index contributed by atoms with van der Waals surface area (Å²) < 4.78 is 17.2. The van der Waals surface area contributed by atoms with Gasteiger partial charge in [0.1, 0.15) is 12.2 Å². The van der Waals surface area contributed by atoms with Crippen LogP contribution >= 0.6 is 0 Å². The smallest absolute Gasteiger partial charge is 0.190 e. The van der Waals surface area contributed by atoms with Gasteiger partial charge in [-0.25, -0.2) is 4.39 Å². The zero-order valence-electron chi connectivity index (χ0n) is 17.5. The highest BCUT2D eigenvalue weighted by Gasteiger charge is 2.79. The molecule has 4 aliphatic carbocycles. The van der Waals surface area contributed by atoms with E-state index < -0.39 is 51.9 Å². The Morgan fingerprint density at radius 3 is 2.55 bits per heavy atom. The second-order valence-electron chi connectivity index (χ2n) is 10.4. The van der Waals surface area contributed by atoms with Gasteiger partial charge in [-0.3, -0.25) is 9.59 Å². The average Bonchev–Trinajstić information content (AvgIpc) is 2.87. The number of halogens is 1. The van der Waals surface area contributed by atoms with Crippen LogP contribution in [0.1, 0.15) is 53.4 Å². The fourth-order valence-corrected chi connectivity index (χ4v) is 7.87. The number of fused-ring (bicyclic) bond motifs is 5. The van der Waals surface area contributed by atoms with Crippen molar-refractivity contribution >= 4 is 11.6 Å². The molecule has 3 saturated carbocycles. The Bertz CT molecular complexity index is 850. The molecule has 0 radical (unpaired) electrons. The van der Waals surface area contributed by atoms with E-state index in [1.807, 2.05) is 6.92 Å². The second-order valence-corrected chi connectivity index (χ2v) is 10.4. The van der Waals surface area contributed by atoms with Crippen molar-refractivity contribution in [1.82, 2.24) is 0 Å². The van der Waals surface area contributed by atoms with Gasteiger partial charge in [-0.05, 0) is 56.6 Å². The fourth-order valence-electron chi connectivity index (χ4n) is 7.87. The summed E-state index contributed by atoms with van der Waals surface area (Å²) in [6.45, 7) is 6.31. The van der Waals surface area contributed by atoms with Gasteiger partial charge in [0.05, 0.1) is 6.10 Å². The summed E-state index contributed by atoms with van der Waals surface area (Å²) in [6.07, 6.45) is 4.33. The van der Waals surface area contributed by atoms with Crippen molar-refractivity contribution in [1.29, 1.82) is 0 Å². The zero-order valence-corrected chi connectivity index (χ0v) is 17.5. The number of hydrogen-bond acceptors (Lipinski definition) is 5. The van der Waals surface area contributed by atoms with Crippen LogP contribution in [0, 0.1) is 28.1 Å². The van der Waals surface area contributed by atoms with Crippen molar-refractivity contribution in [2.45, 2.75) is 70.8 Å². The minimum Gasteiger partial charge on any atom is -0.390 e. The van der Waals surface area contributed by atoms with Crippen LogP contribution in [0.4, 0.5) is 4.39 Å². The Kier molecular flexibility index (Phi) is 4.22. The molecule has 8 atom stereocenters. The highest BCUT2D eigenvalue weighted by Crippen LogP contribution is 2.75. The summed E-state index contributed by atoms with van der Waals surface area (Å²) in [5, 5.41) is 32.3. The van der Waals surface area contributed by atoms with Gasteiger partial charge < -0.3 is 15.3 Å². The Labute approximate surface area is 170 Å². The molecule has 0 spiro atoms. The minimum absolute atomic E-state index is 0.0823. The van der Waals surface area contributed by atoms with Gasteiger partial charge in [0.25, 0.3) is 0 Å². The summed E-state index contributed by atoms with van der Waals surface area (Å²) in [5.74, 6) is -1.65. The molecule has 0 aliphatic heterocycles. The molecule has 4 rings (SSSR count). The van der Waals surface area contributed by atoms with E-state index in [1.165, 1.54) is 12.2 Å². The monoisotopic (exact) mass is 406 g/mol. The maximum absolute atomic E-state index is 17.2. The van der Waals surface area contributed by atoms with E-state index in [4.69, 9.17) is 0 Å². The van der Waals surface area contributed by atoms with E-state index in [-0.39, 0.29) is 18.1 Å². The summed E-state index contributed by atoms with van der Waals surface area (Å²) in [7, 11) is 0. The van der Waals surface area contributed by atoms with E-state index in [0.29, 0.717) is 24.8 Å². The van der Waals surface area contributed by atoms with E-state index >= 15 is 4.39 Å². The molecule has 0 amide bonds.